The Morgan fingerprint density at radius 1 is 1.19 bits per heavy atom. The first kappa shape index (κ1) is 19.9. The molecular weight excluding hydrogens is 468 g/mol. The van der Waals surface area contributed by atoms with Crippen LogP contribution in [0.1, 0.15) is 40.6 Å². The predicted octanol–water partition coefficient (Wildman–Crippen LogP) is 4.19. The van der Waals surface area contributed by atoms with Gasteiger partial charge in [-0.15, -0.1) is 0 Å². The lowest BCUT2D eigenvalue weighted by Gasteiger charge is -2.27. The van der Waals surface area contributed by atoms with E-state index in [9.17, 15) is 19.7 Å². The van der Waals surface area contributed by atoms with E-state index in [4.69, 9.17) is 9.15 Å². The number of halogens is 1. The van der Waals surface area contributed by atoms with E-state index < -0.39 is 16.9 Å². The number of benzene rings is 2. The number of carbonyl (C=O) groups excluding carboxylic acids is 1. The zero-order valence-corrected chi connectivity index (χ0v) is 17.8. The standard InChI is InChI=1S/C22H17BrN2O6/c23-13-6-7-17-16(10-13)20(26)18-19(12-3-1-4-14(9-12)25(28)29)24(22(27)21(18)31-17)11-15-5-2-8-30-15/h1,3-4,6-7,9-10,15,19H,2,5,8,11H2/t15-,19-/m0/s1. The van der Waals surface area contributed by atoms with Crippen LogP contribution in [-0.4, -0.2) is 35.0 Å². The number of fused-ring (bicyclic) bond motifs is 2. The average molecular weight is 485 g/mol. The monoisotopic (exact) mass is 484 g/mol. The van der Waals surface area contributed by atoms with E-state index in [0.717, 1.165) is 12.8 Å². The van der Waals surface area contributed by atoms with Crippen molar-refractivity contribution >= 4 is 38.5 Å². The molecule has 2 atom stereocenters. The summed E-state index contributed by atoms with van der Waals surface area (Å²) in [5.41, 5.74) is 0.577. The van der Waals surface area contributed by atoms with Crippen molar-refractivity contribution in [3.8, 4) is 0 Å². The van der Waals surface area contributed by atoms with E-state index in [1.54, 1.807) is 35.2 Å². The number of ether oxygens (including phenoxy) is 1. The van der Waals surface area contributed by atoms with E-state index in [1.165, 1.54) is 12.1 Å². The van der Waals surface area contributed by atoms with Gasteiger partial charge in [-0.05, 0) is 36.6 Å². The van der Waals surface area contributed by atoms with Gasteiger partial charge in [-0.2, -0.15) is 0 Å². The number of rotatable bonds is 4. The molecule has 1 fully saturated rings. The highest BCUT2D eigenvalue weighted by Crippen LogP contribution is 2.40. The predicted molar refractivity (Wildman–Crippen MR) is 115 cm³/mol. The first-order chi connectivity index (χ1) is 14.9. The Bertz CT molecular complexity index is 1280. The molecule has 0 radical (unpaired) electrons. The Labute approximate surface area is 184 Å². The quantitative estimate of drug-likeness (QED) is 0.406. The molecule has 158 valence electrons. The first-order valence-electron chi connectivity index (χ1n) is 9.87. The molecule has 2 aromatic carbocycles. The van der Waals surface area contributed by atoms with Gasteiger partial charge in [-0.3, -0.25) is 19.7 Å². The number of nitro groups is 1. The van der Waals surface area contributed by atoms with Gasteiger partial charge < -0.3 is 14.1 Å². The van der Waals surface area contributed by atoms with Crippen LogP contribution in [0.4, 0.5) is 5.69 Å². The van der Waals surface area contributed by atoms with Crippen LogP contribution >= 0.6 is 15.9 Å². The highest BCUT2D eigenvalue weighted by Gasteiger charge is 2.44. The molecule has 0 saturated carbocycles. The smallest absolute Gasteiger partial charge is 0.291 e. The molecule has 1 amide bonds. The van der Waals surface area contributed by atoms with Crippen molar-refractivity contribution in [1.82, 2.24) is 4.90 Å². The molecule has 0 N–H and O–H groups in total. The summed E-state index contributed by atoms with van der Waals surface area (Å²) < 4.78 is 12.3. The molecule has 3 heterocycles. The zero-order valence-electron chi connectivity index (χ0n) is 16.2. The summed E-state index contributed by atoms with van der Waals surface area (Å²) in [6.45, 7) is 0.895. The second-order valence-electron chi connectivity index (χ2n) is 7.66. The number of non-ortho nitro benzene ring substituents is 1. The summed E-state index contributed by atoms with van der Waals surface area (Å²) in [6.07, 6.45) is 1.55. The van der Waals surface area contributed by atoms with Crippen LogP contribution in [0.2, 0.25) is 0 Å². The molecule has 0 aliphatic carbocycles. The van der Waals surface area contributed by atoms with Gasteiger partial charge in [0.05, 0.1) is 28.0 Å². The molecule has 5 rings (SSSR count). The maximum atomic E-state index is 13.5. The maximum absolute atomic E-state index is 13.5. The molecule has 31 heavy (non-hydrogen) atoms. The second kappa shape index (κ2) is 7.58. The van der Waals surface area contributed by atoms with Crippen molar-refractivity contribution in [2.75, 3.05) is 13.2 Å². The minimum absolute atomic E-state index is 0.0191. The molecule has 2 aliphatic rings. The number of carbonyl (C=O) groups is 1. The molecule has 9 heteroatoms. The summed E-state index contributed by atoms with van der Waals surface area (Å²) in [5.74, 6) is -0.432. The Kier molecular flexibility index (Phi) is 4.86. The topological polar surface area (TPSA) is 103 Å². The van der Waals surface area contributed by atoms with Crippen molar-refractivity contribution in [2.24, 2.45) is 0 Å². The highest BCUT2D eigenvalue weighted by molar-refractivity contribution is 9.10. The van der Waals surface area contributed by atoms with Crippen LogP contribution in [0.5, 0.6) is 0 Å². The second-order valence-corrected chi connectivity index (χ2v) is 8.58. The molecule has 2 aliphatic heterocycles. The highest BCUT2D eigenvalue weighted by atomic mass is 79.9. The molecule has 1 saturated heterocycles. The normalized spacial score (nSPS) is 20.4. The van der Waals surface area contributed by atoms with Crippen LogP contribution in [0, 0.1) is 10.1 Å². The van der Waals surface area contributed by atoms with Gasteiger partial charge in [0.2, 0.25) is 5.76 Å². The summed E-state index contributed by atoms with van der Waals surface area (Å²) in [4.78, 5) is 39.2. The fraction of sp³-hybridized carbons (Fsp3) is 0.273. The Morgan fingerprint density at radius 3 is 2.77 bits per heavy atom. The van der Waals surface area contributed by atoms with Gasteiger partial charge >= 0.3 is 0 Å². The fourth-order valence-corrected chi connectivity index (χ4v) is 4.70. The van der Waals surface area contributed by atoms with Crippen molar-refractivity contribution in [3.05, 3.63) is 84.2 Å². The third-order valence-corrected chi connectivity index (χ3v) is 6.24. The summed E-state index contributed by atoms with van der Waals surface area (Å²) in [6, 6.07) is 10.3. The van der Waals surface area contributed by atoms with Crippen LogP contribution in [0.15, 0.2) is 56.1 Å². The Hall–Kier alpha value is -3.04. The third kappa shape index (κ3) is 3.34. The number of nitro benzene ring substituents is 1. The Morgan fingerprint density at radius 2 is 2.03 bits per heavy atom. The third-order valence-electron chi connectivity index (χ3n) is 5.75. The molecule has 0 unspecified atom stereocenters. The van der Waals surface area contributed by atoms with Gasteiger partial charge in [0, 0.05) is 29.8 Å². The van der Waals surface area contributed by atoms with Crippen LogP contribution in [0.25, 0.3) is 11.0 Å². The lowest BCUT2D eigenvalue weighted by molar-refractivity contribution is -0.384. The van der Waals surface area contributed by atoms with Gasteiger partial charge in [0.1, 0.15) is 5.58 Å². The van der Waals surface area contributed by atoms with Gasteiger partial charge in [0.25, 0.3) is 11.6 Å². The summed E-state index contributed by atoms with van der Waals surface area (Å²) >= 11 is 3.37. The zero-order chi connectivity index (χ0) is 21.7. The molecule has 1 aromatic heterocycles. The summed E-state index contributed by atoms with van der Waals surface area (Å²) in [5, 5.41) is 11.7. The number of hydrogen-bond acceptors (Lipinski definition) is 6. The van der Waals surface area contributed by atoms with E-state index in [1.807, 2.05) is 0 Å². The lowest BCUT2D eigenvalue weighted by Crippen LogP contribution is -2.36. The van der Waals surface area contributed by atoms with Gasteiger partial charge in [0.15, 0.2) is 5.43 Å². The summed E-state index contributed by atoms with van der Waals surface area (Å²) in [7, 11) is 0. The van der Waals surface area contributed by atoms with Crippen LogP contribution < -0.4 is 5.43 Å². The minimum Gasteiger partial charge on any atom is -0.450 e. The van der Waals surface area contributed by atoms with E-state index in [0.29, 0.717) is 27.6 Å². The van der Waals surface area contributed by atoms with Crippen LogP contribution in [-0.2, 0) is 4.74 Å². The number of nitrogens with zero attached hydrogens (tertiary/aromatic N) is 2. The van der Waals surface area contributed by atoms with Crippen molar-refractivity contribution in [2.45, 2.75) is 25.0 Å². The molecule has 0 bridgehead atoms. The maximum Gasteiger partial charge on any atom is 0.291 e. The molecule has 8 nitrogen and oxygen atoms in total. The number of amides is 1. The van der Waals surface area contributed by atoms with E-state index in [2.05, 4.69) is 15.9 Å². The Balaban J connectivity index is 1.72. The fourth-order valence-electron chi connectivity index (χ4n) is 4.34. The lowest BCUT2D eigenvalue weighted by atomic mass is 9.98. The van der Waals surface area contributed by atoms with Crippen molar-refractivity contribution in [1.29, 1.82) is 0 Å². The largest absolute Gasteiger partial charge is 0.450 e. The van der Waals surface area contributed by atoms with E-state index >= 15 is 0 Å². The van der Waals surface area contributed by atoms with E-state index in [-0.39, 0.29) is 35.1 Å². The molecular formula is C22H17BrN2O6. The van der Waals surface area contributed by atoms with Crippen molar-refractivity contribution < 1.29 is 18.9 Å². The molecule has 0 spiro atoms. The first-order valence-corrected chi connectivity index (χ1v) is 10.7. The van der Waals surface area contributed by atoms with Crippen molar-refractivity contribution in [3.63, 3.8) is 0 Å². The van der Waals surface area contributed by atoms with Gasteiger partial charge in [-0.1, -0.05) is 28.1 Å². The number of hydrogen-bond donors (Lipinski definition) is 0. The van der Waals surface area contributed by atoms with Crippen LogP contribution in [0.3, 0.4) is 0 Å². The SMILES string of the molecule is O=C1c2oc3ccc(Br)cc3c(=O)c2[C@H](c2cccc([N+](=O)[O-])c2)N1C[C@@H]1CCCO1. The average Bonchev–Trinajstić information content (AvgIpc) is 3.36. The molecule has 3 aromatic rings. The van der Waals surface area contributed by atoms with Gasteiger partial charge in [-0.25, -0.2) is 0 Å². The minimum atomic E-state index is -0.786.